The normalized spacial score (nSPS) is 12.5. The summed E-state index contributed by atoms with van der Waals surface area (Å²) in [6, 6.07) is 26.7. The van der Waals surface area contributed by atoms with Gasteiger partial charge in [0.05, 0.1) is 17.7 Å². The third kappa shape index (κ3) is 8.51. The Morgan fingerprint density at radius 1 is 0.891 bits per heavy atom. The van der Waals surface area contributed by atoms with Gasteiger partial charge in [-0.05, 0) is 73.4 Å². The van der Waals surface area contributed by atoms with Crippen LogP contribution >= 0.6 is 0 Å². The Morgan fingerprint density at radius 2 is 1.52 bits per heavy atom. The first-order chi connectivity index (χ1) is 22.0. The lowest BCUT2D eigenvalue weighted by molar-refractivity contribution is -0.140. The summed E-state index contributed by atoms with van der Waals surface area (Å²) in [5, 5.41) is 3.00. The molecule has 1 N–H and O–H groups in total. The second kappa shape index (κ2) is 15.5. The number of amides is 2. The second-order valence-corrected chi connectivity index (χ2v) is 13.0. The SMILES string of the molecule is CC[C@@H](C)NC(=O)[C@H](Cc1ccccc1)N(Cc1ccc(F)cc1)C(=O)CN(c1cc(C)ccc1OC)S(=O)(=O)c1ccccc1. The van der Waals surface area contributed by atoms with E-state index in [4.69, 9.17) is 4.74 Å². The van der Waals surface area contributed by atoms with Gasteiger partial charge >= 0.3 is 0 Å². The first-order valence-corrected chi connectivity index (χ1v) is 16.6. The van der Waals surface area contributed by atoms with Gasteiger partial charge in [0.1, 0.15) is 24.2 Å². The van der Waals surface area contributed by atoms with Crippen LogP contribution in [0.4, 0.5) is 10.1 Å². The fourth-order valence-electron chi connectivity index (χ4n) is 5.01. The number of ether oxygens (including phenoxy) is 1. The molecule has 4 aromatic carbocycles. The van der Waals surface area contributed by atoms with Crippen LogP contribution in [0.15, 0.2) is 108 Å². The number of carbonyl (C=O) groups excluding carboxylic acids is 2. The smallest absolute Gasteiger partial charge is 0.264 e. The minimum Gasteiger partial charge on any atom is -0.495 e. The molecule has 4 aromatic rings. The molecule has 10 heteroatoms. The number of hydrogen-bond acceptors (Lipinski definition) is 5. The Hall–Kier alpha value is -4.70. The van der Waals surface area contributed by atoms with E-state index in [-0.39, 0.29) is 41.2 Å². The molecule has 46 heavy (non-hydrogen) atoms. The highest BCUT2D eigenvalue weighted by molar-refractivity contribution is 7.92. The number of benzene rings is 4. The molecule has 2 amide bonds. The monoisotopic (exact) mass is 645 g/mol. The first-order valence-electron chi connectivity index (χ1n) is 15.1. The molecule has 0 bridgehead atoms. The van der Waals surface area contributed by atoms with Gasteiger partial charge in [0.2, 0.25) is 11.8 Å². The number of rotatable bonds is 14. The lowest BCUT2D eigenvalue weighted by Gasteiger charge is -2.34. The highest BCUT2D eigenvalue weighted by atomic mass is 32.2. The minimum absolute atomic E-state index is 0.00760. The van der Waals surface area contributed by atoms with Gasteiger partial charge in [-0.1, -0.05) is 73.7 Å². The van der Waals surface area contributed by atoms with Crippen molar-refractivity contribution in [3.05, 3.63) is 126 Å². The summed E-state index contributed by atoms with van der Waals surface area (Å²) in [7, 11) is -2.85. The van der Waals surface area contributed by atoms with Crippen LogP contribution in [0.2, 0.25) is 0 Å². The van der Waals surface area contributed by atoms with Crippen LogP contribution in [-0.2, 0) is 32.6 Å². The van der Waals surface area contributed by atoms with Gasteiger partial charge in [0, 0.05) is 19.0 Å². The fourth-order valence-corrected chi connectivity index (χ4v) is 6.45. The van der Waals surface area contributed by atoms with Crippen molar-refractivity contribution in [1.82, 2.24) is 10.2 Å². The predicted molar refractivity (Wildman–Crippen MR) is 177 cm³/mol. The Kier molecular flexibility index (Phi) is 11.5. The standard InChI is InChI=1S/C36H40FN3O5S/c1-5-27(3)38-36(42)33(23-28-12-8-6-9-13-28)39(24-29-17-19-30(37)20-18-29)35(41)25-40(32-22-26(2)16-21-34(32)45-4)46(43,44)31-14-10-7-11-15-31/h6-22,27,33H,5,23-25H2,1-4H3,(H,38,42)/t27-,33+/m1/s1. The van der Waals surface area contributed by atoms with Gasteiger partial charge in [0.15, 0.2) is 0 Å². The molecule has 0 spiro atoms. The second-order valence-electron chi connectivity index (χ2n) is 11.2. The highest BCUT2D eigenvalue weighted by Crippen LogP contribution is 2.34. The van der Waals surface area contributed by atoms with Crippen molar-refractivity contribution in [2.24, 2.45) is 0 Å². The van der Waals surface area contributed by atoms with Crippen molar-refractivity contribution >= 4 is 27.5 Å². The number of halogens is 1. The number of sulfonamides is 1. The van der Waals surface area contributed by atoms with Gasteiger partial charge in [0.25, 0.3) is 10.0 Å². The minimum atomic E-state index is -4.28. The molecule has 0 aliphatic rings. The van der Waals surface area contributed by atoms with Crippen molar-refractivity contribution < 1.29 is 27.1 Å². The zero-order valence-electron chi connectivity index (χ0n) is 26.5. The Balaban J connectivity index is 1.84. The van der Waals surface area contributed by atoms with Gasteiger partial charge in [-0.3, -0.25) is 13.9 Å². The fraction of sp³-hybridized carbons (Fsp3) is 0.278. The molecule has 0 fully saturated rings. The number of nitrogens with one attached hydrogen (secondary N) is 1. The van der Waals surface area contributed by atoms with E-state index in [2.05, 4.69) is 5.32 Å². The van der Waals surface area contributed by atoms with Crippen LogP contribution in [0, 0.1) is 12.7 Å². The molecule has 0 heterocycles. The summed E-state index contributed by atoms with van der Waals surface area (Å²) in [4.78, 5) is 29.9. The van der Waals surface area contributed by atoms with Crippen LogP contribution < -0.4 is 14.4 Å². The van der Waals surface area contributed by atoms with Crippen molar-refractivity contribution in [3.8, 4) is 5.75 Å². The van der Waals surface area contributed by atoms with E-state index in [0.29, 0.717) is 12.0 Å². The van der Waals surface area contributed by atoms with E-state index in [0.717, 1.165) is 15.4 Å². The maximum absolute atomic E-state index is 14.6. The average molecular weight is 646 g/mol. The van der Waals surface area contributed by atoms with E-state index in [1.807, 2.05) is 51.1 Å². The van der Waals surface area contributed by atoms with Crippen molar-refractivity contribution in [1.29, 1.82) is 0 Å². The van der Waals surface area contributed by atoms with Crippen molar-refractivity contribution in [2.45, 2.75) is 57.1 Å². The molecule has 0 aromatic heterocycles. The lowest BCUT2D eigenvalue weighted by atomic mass is 10.0. The summed E-state index contributed by atoms with van der Waals surface area (Å²) in [6.07, 6.45) is 0.848. The maximum Gasteiger partial charge on any atom is 0.264 e. The van der Waals surface area contributed by atoms with E-state index >= 15 is 0 Å². The topological polar surface area (TPSA) is 96.0 Å². The van der Waals surface area contributed by atoms with Crippen LogP contribution in [-0.4, -0.2) is 50.9 Å². The van der Waals surface area contributed by atoms with E-state index in [1.165, 1.54) is 36.3 Å². The van der Waals surface area contributed by atoms with Gasteiger partial charge in [-0.2, -0.15) is 0 Å². The molecule has 0 radical (unpaired) electrons. The van der Waals surface area contributed by atoms with Crippen LogP contribution in [0.5, 0.6) is 5.75 Å². The predicted octanol–water partition coefficient (Wildman–Crippen LogP) is 5.89. The Labute approximate surface area is 270 Å². The van der Waals surface area contributed by atoms with Crippen molar-refractivity contribution in [3.63, 3.8) is 0 Å². The molecule has 2 atom stereocenters. The molecule has 0 unspecified atom stereocenters. The highest BCUT2D eigenvalue weighted by Gasteiger charge is 2.35. The summed E-state index contributed by atoms with van der Waals surface area (Å²) in [6.45, 7) is 4.95. The van der Waals surface area contributed by atoms with Gasteiger partial charge < -0.3 is 15.0 Å². The molecule has 0 aliphatic carbocycles. The number of hydrogen-bond donors (Lipinski definition) is 1. The molecule has 0 aliphatic heterocycles. The molecule has 0 saturated heterocycles. The largest absolute Gasteiger partial charge is 0.495 e. The summed E-state index contributed by atoms with van der Waals surface area (Å²) >= 11 is 0. The summed E-state index contributed by atoms with van der Waals surface area (Å²) in [5.74, 6) is -1.17. The molecular weight excluding hydrogens is 605 g/mol. The number of aryl methyl sites for hydroxylation is 1. The third-order valence-corrected chi connectivity index (χ3v) is 9.53. The molecule has 4 rings (SSSR count). The van der Waals surface area contributed by atoms with E-state index < -0.39 is 34.3 Å². The zero-order chi connectivity index (χ0) is 33.3. The number of anilines is 1. The summed E-state index contributed by atoms with van der Waals surface area (Å²) in [5.41, 5.74) is 2.34. The van der Waals surface area contributed by atoms with Crippen LogP contribution in [0.25, 0.3) is 0 Å². The number of methoxy groups -OCH3 is 1. The number of carbonyl (C=O) groups is 2. The molecule has 242 valence electrons. The molecular formula is C36H40FN3O5S. The lowest BCUT2D eigenvalue weighted by Crippen LogP contribution is -2.54. The zero-order valence-corrected chi connectivity index (χ0v) is 27.3. The van der Waals surface area contributed by atoms with Crippen molar-refractivity contribution in [2.75, 3.05) is 18.0 Å². The third-order valence-electron chi connectivity index (χ3n) is 7.75. The summed E-state index contributed by atoms with van der Waals surface area (Å²) < 4.78 is 48.9. The van der Waals surface area contributed by atoms with Gasteiger partial charge in [-0.25, -0.2) is 12.8 Å². The molecule has 0 saturated carbocycles. The first kappa shape index (κ1) is 34.2. The van der Waals surface area contributed by atoms with Crippen LogP contribution in [0.3, 0.4) is 0 Å². The Morgan fingerprint density at radius 3 is 2.13 bits per heavy atom. The van der Waals surface area contributed by atoms with Crippen LogP contribution in [0.1, 0.15) is 37.0 Å². The number of nitrogens with zero attached hydrogens (tertiary/aromatic N) is 2. The van der Waals surface area contributed by atoms with Gasteiger partial charge in [-0.15, -0.1) is 0 Å². The Bertz CT molecular complexity index is 1720. The quantitative estimate of drug-likeness (QED) is 0.185. The average Bonchev–Trinajstić information content (AvgIpc) is 3.06. The molecule has 8 nitrogen and oxygen atoms in total. The maximum atomic E-state index is 14.6. The van der Waals surface area contributed by atoms with E-state index in [9.17, 15) is 22.4 Å². The van der Waals surface area contributed by atoms with E-state index in [1.54, 1.807) is 48.5 Å².